The molecule has 2 heterocycles. The van der Waals surface area contributed by atoms with Crippen molar-refractivity contribution in [1.82, 2.24) is 9.69 Å². The number of ether oxygens (including phenoxy) is 1. The molecule has 3 atom stereocenters. The fourth-order valence-corrected chi connectivity index (χ4v) is 2.29. The number of aromatic nitrogens is 1. The van der Waals surface area contributed by atoms with Crippen molar-refractivity contribution in [2.24, 2.45) is 0 Å². The van der Waals surface area contributed by atoms with Gasteiger partial charge in [0, 0.05) is 25.1 Å². The third kappa shape index (κ3) is 1.95. The molecule has 0 bridgehead atoms. The van der Waals surface area contributed by atoms with Crippen LogP contribution in [0.2, 0.25) is 0 Å². The minimum absolute atomic E-state index is 0.0713. The van der Waals surface area contributed by atoms with Gasteiger partial charge in [0.15, 0.2) is 0 Å². The molecule has 4 nitrogen and oxygen atoms in total. The van der Waals surface area contributed by atoms with Crippen molar-refractivity contribution in [3.05, 3.63) is 17.1 Å². The number of rotatable bonds is 3. The summed E-state index contributed by atoms with van der Waals surface area (Å²) in [6.07, 6.45) is 0.546. The molecule has 1 fully saturated rings. The van der Waals surface area contributed by atoms with Crippen LogP contribution >= 0.6 is 11.5 Å². The molecule has 1 aliphatic heterocycles. The summed E-state index contributed by atoms with van der Waals surface area (Å²) in [5, 5.41) is 15.1. The highest BCUT2D eigenvalue weighted by Crippen LogP contribution is 2.23. The molecule has 1 aliphatic rings. The zero-order chi connectivity index (χ0) is 9.97. The number of aliphatic hydroxyl groups is 1. The maximum atomic E-state index is 9.95. The van der Waals surface area contributed by atoms with Gasteiger partial charge in [0.1, 0.15) is 6.10 Å². The van der Waals surface area contributed by atoms with Crippen LogP contribution in [0.4, 0.5) is 0 Å². The molecule has 1 saturated heterocycles. The van der Waals surface area contributed by atoms with E-state index in [0.717, 1.165) is 18.7 Å². The van der Waals surface area contributed by atoms with E-state index in [0.29, 0.717) is 0 Å². The Kier molecular flexibility index (Phi) is 3.12. The predicted molar refractivity (Wildman–Crippen MR) is 54.3 cm³/mol. The zero-order valence-electron chi connectivity index (χ0n) is 8.01. The van der Waals surface area contributed by atoms with Gasteiger partial charge in [0.05, 0.1) is 11.8 Å². The molecular weight excluding hydrogens is 200 g/mol. The fourth-order valence-electron chi connectivity index (χ4n) is 1.73. The summed E-state index contributed by atoms with van der Waals surface area (Å²) in [5.41, 5.74) is 0.754. The van der Waals surface area contributed by atoms with Crippen LogP contribution in [0.15, 0.2) is 11.4 Å². The minimum atomic E-state index is -0.513. The van der Waals surface area contributed by atoms with E-state index >= 15 is 0 Å². The Balaban J connectivity index is 1.97. The SMILES string of the molecule is COC1CNC(C(O)c2ccsn2)C1. The van der Waals surface area contributed by atoms with E-state index in [4.69, 9.17) is 4.74 Å². The number of hydrogen-bond donors (Lipinski definition) is 2. The van der Waals surface area contributed by atoms with Crippen molar-refractivity contribution in [2.75, 3.05) is 13.7 Å². The largest absolute Gasteiger partial charge is 0.385 e. The van der Waals surface area contributed by atoms with Crippen LogP contribution in [0.5, 0.6) is 0 Å². The van der Waals surface area contributed by atoms with Gasteiger partial charge in [-0.25, -0.2) is 0 Å². The minimum Gasteiger partial charge on any atom is -0.385 e. The van der Waals surface area contributed by atoms with Gasteiger partial charge in [0.2, 0.25) is 0 Å². The van der Waals surface area contributed by atoms with E-state index in [1.807, 2.05) is 11.4 Å². The number of nitrogens with zero attached hydrogens (tertiary/aromatic N) is 1. The average Bonchev–Trinajstić information content (AvgIpc) is 2.88. The summed E-state index contributed by atoms with van der Waals surface area (Å²) >= 11 is 1.36. The standard InChI is InChI=1S/C9H14N2O2S/c1-13-6-4-8(10-5-6)9(12)7-2-3-14-11-7/h2-3,6,8-10,12H,4-5H2,1H3. The van der Waals surface area contributed by atoms with E-state index in [2.05, 4.69) is 9.69 Å². The molecule has 3 unspecified atom stereocenters. The third-order valence-electron chi connectivity index (χ3n) is 2.60. The van der Waals surface area contributed by atoms with Crippen molar-refractivity contribution in [3.63, 3.8) is 0 Å². The molecular formula is C9H14N2O2S. The lowest BCUT2D eigenvalue weighted by Crippen LogP contribution is -2.28. The molecule has 2 N–H and O–H groups in total. The van der Waals surface area contributed by atoms with Crippen LogP contribution in [-0.2, 0) is 4.74 Å². The Morgan fingerprint density at radius 2 is 2.64 bits per heavy atom. The highest BCUT2D eigenvalue weighted by molar-refractivity contribution is 7.03. The average molecular weight is 214 g/mol. The Morgan fingerprint density at radius 3 is 3.21 bits per heavy atom. The Morgan fingerprint density at radius 1 is 1.79 bits per heavy atom. The molecule has 0 aliphatic carbocycles. The molecule has 5 heteroatoms. The van der Waals surface area contributed by atoms with Gasteiger partial charge in [-0.2, -0.15) is 4.37 Å². The van der Waals surface area contributed by atoms with Crippen molar-refractivity contribution < 1.29 is 9.84 Å². The van der Waals surface area contributed by atoms with Crippen molar-refractivity contribution in [2.45, 2.75) is 24.7 Å². The highest BCUT2D eigenvalue weighted by Gasteiger charge is 2.30. The van der Waals surface area contributed by atoms with Gasteiger partial charge in [-0.3, -0.25) is 0 Å². The van der Waals surface area contributed by atoms with Crippen molar-refractivity contribution >= 4 is 11.5 Å². The predicted octanol–water partition coefficient (Wildman–Crippen LogP) is 0.553. The monoisotopic (exact) mass is 214 g/mol. The van der Waals surface area contributed by atoms with Gasteiger partial charge < -0.3 is 15.2 Å². The number of hydrogen-bond acceptors (Lipinski definition) is 5. The second-order valence-corrected chi connectivity index (χ2v) is 4.14. The summed E-state index contributed by atoms with van der Waals surface area (Å²) < 4.78 is 9.34. The zero-order valence-corrected chi connectivity index (χ0v) is 8.83. The smallest absolute Gasteiger partial charge is 0.112 e. The van der Waals surface area contributed by atoms with Crippen LogP contribution in [0.3, 0.4) is 0 Å². The van der Waals surface area contributed by atoms with Crippen LogP contribution in [0, 0.1) is 0 Å². The maximum absolute atomic E-state index is 9.95. The lowest BCUT2D eigenvalue weighted by molar-refractivity contribution is 0.0981. The van der Waals surface area contributed by atoms with E-state index in [1.54, 1.807) is 7.11 Å². The molecule has 0 aromatic carbocycles. The topological polar surface area (TPSA) is 54.4 Å². The summed E-state index contributed by atoms with van der Waals surface area (Å²) in [4.78, 5) is 0. The molecule has 0 saturated carbocycles. The van der Waals surface area contributed by atoms with E-state index < -0.39 is 6.10 Å². The molecule has 0 amide bonds. The molecule has 14 heavy (non-hydrogen) atoms. The number of aliphatic hydroxyl groups excluding tert-OH is 1. The van der Waals surface area contributed by atoms with Gasteiger partial charge in [-0.1, -0.05) is 0 Å². The van der Waals surface area contributed by atoms with Crippen LogP contribution in [-0.4, -0.2) is 35.3 Å². The lowest BCUT2D eigenvalue weighted by Gasteiger charge is -2.15. The van der Waals surface area contributed by atoms with Gasteiger partial charge in [-0.05, 0) is 24.0 Å². The lowest BCUT2D eigenvalue weighted by atomic mass is 10.1. The Bertz CT molecular complexity index is 278. The quantitative estimate of drug-likeness (QED) is 0.771. The second kappa shape index (κ2) is 4.35. The first-order valence-electron chi connectivity index (χ1n) is 4.66. The fraction of sp³-hybridized carbons (Fsp3) is 0.667. The van der Waals surface area contributed by atoms with Crippen molar-refractivity contribution in [1.29, 1.82) is 0 Å². The molecule has 1 aromatic heterocycles. The highest BCUT2D eigenvalue weighted by atomic mass is 32.1. The second-order valence-electron chi connectivity index (χ2n) is 3.48. The molecule has 0 spiro atoms. The summed E-state index contributed by atoms with van der Waals surface area (Å²) in [6, 6.07) is 1.93. The summed E-state index contributed by atoms with van der Waals surface area (Å²) in [5.74, 6) is 0. The molecule has 0 radical (unpaired) electrons. The van der Waals surface area contributed by atoms with E-state index in [-0.39, 0.29) is 12.1 Å². The Labute approximate surface area is 87.1 Å². The van der Waals surface area contributed by atoms with Crippen molar-refractivity contribution in [3.8, 4) is 0 Å². The van der Waals surface area contributed by atoms with E-state index in [9.17, 15) is 5.11 Å². The summed E-state index contributed by atoms with van der Waals surface area (Å²) in [7, 11) is 1.70. The summed E-state index contributed by atoms with van der Waals surface area (Å²) in [6.45, 7) is 0.808. The molecule has 1 aromatic rings. The number of methoxy groups -OCH3 is 1. The first-order valence-corrected chi connectivity index (χ1v) is 5.49. The number of nitrogens with one attached hydrogen (secondary N) is 1. The first-order chi connectivity index (χ1) is 6.81. The normalized spacial score (nSPS) is 29.3. The third-order valence-corrected chi connectivity index (χ3v) is 3.17. The van der Waals surface area contributed by atoms with Crippen LogP contribution in [0.25, 0.3) is 0 Å². The van der Waals surface area contributed by atoms with Gasteiger partial charge in [-0.15, -0.1) is 0 Å². The van der Waals surface area contributed by atoms with Crippen LogP contribution in [0.1, 0.15) is 18.2 Å². The van der Waals surface area contributed by atoms with Gasteiger partial charge in [0.25, 0.3) is 0 Å². The Hall–Kier alpha value is -0.490. The van der Waals surface area contributed by atoms with Gasteiger partial charge >= 0.3 is 0 Å². The molecule has 2 rings (SSSR count). The maximum Gasteiger partial charge on any atom is 0.112 e. The van der Waals surface area contributed by atoms with E-state index in [1.165, 1.54) is 11.5 Å². The van der Waals surface area contributed by atoms with Crippen LogP contribution < -0.4 is 5.32 Å². The molecule has 78 valence electrons. The first kappa shape index (κ1) is 10.0.